The van der Waals surface area contributed by atoms with Gasteiger partial charge in [-0.05, 0) is 31.4 Å². The minimum absolute atomic E-state index is 0.222. The van der Waals surface area contributed by atoms with E-state index in [1.54, 1.807) is 6.20 Å². The summed E-state index contributed by atoms with van der Waals surface area (Å²) in [5, 5.41) is 9.81. The van der Waals surface area contributed by atoms with Crippen LogP contribution in [0.4, 0.5) is 16.2 Å². The first-order valence-corrected chi connectivity index (χ1v) is 7.57. The molecule has 0 saturated carbocycles. The van der Waals surface area contributed by atoms with Gasteiger partial charge >= 0.3 is 6.03 Å². The van der Waals surface area contributed by atoms with Crippen LogP contribution in [0.5, 0.6) is 0 Å². The largest absolute Gasteiger partial charge is 0.376 e. The Morgan fingerprint density at radius 3 is 2.82 bits per heavy atom. The van der Waals surface area contributed by atoms with Gasteiger partial charge in [0.05, 0.1) is 24.5 Å². The molecule has 2 amide bonds. The Hall–Kier alpha value is -2.34. The van der Waals surface area contributed by atoms with Crippen molar-refractivity contribution < 1.29 is 9.53 Å². The number of hydrogen-bond acceptors (Lipinski definition) is 3. The molecule has 1 aliphatic rings. The van der Waals surface area contributed by atoms with Crippen LogP contribution in [0.15, 0.2) is 42.7 Å². The first-order valence-electron chi connectivity index (χ1n) is 7.57. The summed E-state index contributed by atoms with van der Waals surface area (Å²) in [6.45, 7) is 1.55. The number of urea groups is 1. The first-order chi connectivity index (χ1) is 10.8. The summed E-state index contributed by atoms with van der Waals surface area (Å²) < 4.78 is 7.50. The van der Waals surface area contributed by atoms with E-state index in [0.29, 0.717) is 5.69 Å². The Bertz CT molecular complexity index is 606. The van der Waals surface area contributed by atoms with Crippen LogP contribution in [-0.2, 0) is 11.3 Å². The lowest BCUT2D eigenvalue weighted by Crippen LogP contribution is -2.24. The smallest absolute Gasteiger partial charge is 0.323 e. The maximum Gasteiger partial charge on any atom is 0.323 e. The number of aromatic nitrogens is 2. The second-order valence-electron chi connectivity index (χ2n) is 5.38. The quantitative estimate of drug-likeness (QED) is 0.911. The molecule has 1 fully saturated rings. The molecule has 6 heteroatoms. The summed E-state index contributed by atoms with van der Waals surface area (Å²) in [6, 6.07) is 9.04. The number of carbonyl (C=O) groups excluding carboxylic acids is 1. The van der Waals surface area contributed by atoms with Crippen LogP contribution >= 0.6 is 0 Å². The van der Waals surface area contributed by atoms with Crippen molar-refractivity contribution in [1.29, 1.82) is 0 Å². The van der Waals surface area contributed by atoms with Crippen LogP contribution in [0.1, 0.15) is 19.3 Å². The number of ether oxygens (including phenoxy) is 1. The van der Waals surface area contributed by atoms with Crippen LogP contribution in [0.25, 0.3) is 0 Å². The number of anilines is 2. The molecule has 1 atom stereocenters. The average molecular weight is 300 g/mol. The molecule has 6 nitrogen and oxygen atoms in total. The Morgan fingerprint density at radius 1 is 1.23 bits per heavy atom. The summed E-state index contributed by atoms with van der Waals surface area (Å²) >= 11 is 0. The van der Waals surface area contributed by atoms with Crippen LogP contribution in [0.3, 0.4) is 0 Å². The number of hydrogen-bond donors (Lipinski definition) is 2. The fourth-order valence-electron chi connectivity index (χ4n) is 2.50. The lowest BCUT2D eigenvalue weighted by Gasteiger charge is -2.22. The topological polar surface area (TPSA) is 68.2 Å². The highest BCUT2D eigenvalue weighted by Gasteiger charge is 2.15. The van der Waals surface area contributed by atoms with Gasteiger partial charge in [0.1, 0.15) is 0 Å². The molecule has 2 aromatic rings. The molecule has 1 aliphatic heterocycles. The predicted octanol–water partition coefficient (Wildman–Crippen LogP) is 3.10. The van der Waals surface area contributed by atoms with Crippen molar-refractivity contribution in [3.8, 4) is 0 Å². The Morgan fingerprint density at radius 2 is 2.05 bits per heavy atom. The summed E-state index contributed by atoms with van der Waals surface area (Å²) in [5.74, 6) is 0. The van der Waals surface area contributed by atoms with E-state index in [9.17, 15) is 4.79 Å². The third-order valence-corrected chi connectivity index (χ3v) is 3.59. The molecule has 22 heavy (non-hydrogen) atoms. The number of carbonyl (C=O) groups is 1. The molecule has 1 saturated heterocycles. The molecular formula is C16H20N4O2. The Labute approximate surface area is 129 Å². The number of rotatable bonds is 4. The van der Waals surface area contributed by atoms with Crippen molar-refractivity contribution in [3.05, 3.63) is 42.7 Å². The Kier molecular flexibility index (Phi) is 4.70. The highest BCUT2D eigenvalue weighted by molar-refractivity contribution is 5.99. The van der Waals surface area contributed by atoms with E-state index < -0.39 is 0 Å². The molecule has 1 aromatic heterocycles. The number of para-hydroxylation sites is 1. The third-order valence-electron chi connectivity index (χ3n) is 3.59. The summed E-state index contributed by atoms with van der Waals surface area (Å²) in [6.07, 6.45) is 7.10. The van der Waals surface area contributed by atoms with E-state index in [4.69, 9.17) is 4.74 Å². The van der Waals surface area contributed by atoms with Crippen LogP contribution in [0, 0.1) is 0 Å². The van der Waals surface area contributed by atoms with Crippen molar-refractivity contribution in [2.24, 2.45) is 0 Å². The Balaban J connectivity index is 1.51. The van der Waals surface area contributed by atoms with E-state index >= 15 is 0 Å². The van der Waals surface area contributed by atoms with Gasteiger partial charge < -0.3 is 15.4 Å². The van der Waals surface area contributed by atoms with Crippen molar-refractivity contribution in [1.82, 2.24) is 9.78 Å². The minimum atomic E-state index is -0.278. The molecule has 0 spiro atoms. The zero-order valence-corrected chi connectivity index (χ0v) is 12.4. The molecule has 116 valence electrons. The van der Waals surface area contributed by atoms with E-state index in [0.717, 1.165) is 31.7 Å². The fraction of sp³-hybridized carbons (Fsp3) is 0.375. The van der Waals surface area contributed by atoms with E-state index in [1.807, 2.05) is 41.2 Å². The molecule has 1 unspecified atom stereocenters. The van der Waals surface area contributed by atoms with Gasteiger partial charge in [-0.3, -0.25) is 4.68 Å². The second kappa shape index (κ2) is 7.09. The van der Waals surface area contributed by atoms with Gasteiger partial charge in [0, 0.05) is 18.5 Å². The highest BCUT2D eigenvalue weighted by atomic mass is 16.5. The van der Waals surface area contributed by atoms with Gasteiger partial charge in [-0.25, -0.2) is 4.79 Å². The van der Waals surface area contributed by atoms with Crippen molar-refractivity contribution in [2.45, 2.75) is 31.9 Å². The minimum Gasteiger partial charge on any atom is -0.376 e. The molecule has 2 N–H and O–H groups in total. The van der Waals surface area contributed by atoms with E-state index in [-0.39, 0.29) is 12.1 Å². The summed E-state index contributed by atoms with van der Waals surface area (Å²) in [7, 11) is 0. The van der Waals surface area contributed by atoms with Crippen LogP contribution in [-0.4, -0.2) is 28.5 Å². The monoisotopic (exact) mass is 300 g/mol. The number of nitrogens with zero attached hydrogens (tertiary/aromatic N) is 2. The third kappa shape index (κ3) is 4.08. The van der Waals surface area contributed by atoms with Crippen molar-refractivity contribution in [2.75, 3.05) is 17.2 Å². The summed E-state index contributed by atoms with van der Waals surface area (Å²) in [5.41, 5.74) is 1.42. The molecule has 2 heterocycles. The molecule has 0 aliphatic carbocycles. The molecular weight excluding hydrogens is 280 g/mol. The zero-order valence-electron chi connectivity index (χ0n) is 12.4. The summed E-state index contributed by atoms with van der Waals surface area (Å²) in [4.78, 5) is 11.9. The predicted molar refractivity (Wildman–Crippen MR) is 84.9 cm³/mol. The van der Waals surface area contributed by atoms with E-state index in [2.05, 4.69) is 15.7 Å². The maximum absolute atomic E-state index is 11.9. The fourth-order valence-corrected chi connectivity index (χ4v) is 2.50. The van der Waals surface area contributed by atoms with Gasteiger partial charge in [0.25, 0.3) is 0 Å². The molecule has 0 bridgehead atoms. The maximum atomic E-state index is 11.9. The first kappa shape index (κ1) is 14.6. The molecule has 3 rings (SSSR count). The SMILES string of the molecule is O=C(Nc1ccccc1)Nc1cnn(CC2CCCCO2)c1. The number of nitrogens with one attached hydrogen (secondary N) is 2. The number of benzene rings is 1. The van der Waals surface area contributed by atoms with Gasteiger partial charge in [0.15, 0.2) is 0 Å². The zero-order chi connectivity index (χ0) is 15.2. The lowest BCUT2D eigenvalue weighted by atomic mass is 10.1. The lowest BCUT2D eigenvalue weighted by molar-refractivity contribution is 0.00401. The van der Waals surface area contributed by atoms with Gasteiger partial charge in [-0.2, -0.15) is 5.10 Å². The molecule has 1 aromatic carbocycles. The van der Waals surface area contributed by atoms with Crippen molar-refractivity contribution in [3.63, 3.8) is 0 Å². The van der Waals surface area contributed by atoms with Gasteiger partial charge in [-0.15, -0.1) is 0 Å². The van der Waals surface area contributed by atoms with Crippen LogP contribution in [0.2, 0.25) is 0 Å². The van der Waals surface area contributed by atoms with Gasteiger partial charge in [0.2, 0.25) is 0 Å². The van der Waals surface area contributed by atoms with Crippen molar-refractivity contribution >= 4 is 17.4 Å². The standard InChI is InChI=1S/C16H20N4O2/c21-16(18-13-6-2-1-3-7-13)19-14-10-17-20(11-14)12-15-8-4-5-9-22-15/h1-3,6-7,10-11,15H,4-5,8-9,12H2,(H2,18,19,21). The average Bonchev–Trinajstić information content (AvgIpc) is 2.96. The highest BCUT2D eigenvalue weighted by Crippen LogP contribution is 2.15. The van der Waals surface area contributed by atoms with Gasteiger partial charge in [-0.1, -0.05) is 18.2 Å². The number of amides is 2. The molecule has 0 radical (unpaired) electrons. The van der Waals surface area contributed by atoms with Crippen LogP contribution < -0.4 is 10.6 Å². The normalized spacial score (nSPS) is 17.9. The second-order valence-corrected chi connectivity index (χ2v) is 5.38. The van der Waals surface area contributed by atoms with E-state index in [1.165, 1.54) is 6.42 Å².